The van der Waals surface area contributed by atoms with Crippen LogP contribution >= 0.6 is 0 Å². The maximum Gasteiger partial charge on any atom is 0.516 e. The van der Waals surface area contributed by atoms with Gasteiger partial charge in [-0.1, -0.05) is 0 Å². The number of carbonyl (C=O) groups excluding carboxylic acids is 1. The van der Waals surface area contributed by atoms with Crippen LogP contribution in [0, 0.1) is 0 Å². The molecule has 0 N–H and O–H groups in total. The molecule has 2 fully saturated rings. The Morgan fingerprint density at radius 1 is 0.700 bits per heavy atom. The van der Waals surface area contributed by atoms with Gasteiger partial charge in [-0.05, 0) is 55.4 Å². The second kappa shape index (κ2) is 6.53. The zero-order chi connectivity index (χ0) is 22.1. The zero-order valence-electron chi connectivity index (χ0n) is 18.8. The molecule has 2 saturated heterocycles. The van der Waals surface area contributed by atoms with Crippen molar-refractivity contribution in [3.05, 3.63) is 25.0 Å². The van der Waals surface area contributed by atoms with Crippen molar-refractivity contribution in [1.82, 2.24) is 19.1 Å². The lowest BCUT2D eigenvalue weighted by atomic mass is 9.86. The summed E-state index contributed by atoms with van der Waals surface area (Å²) in [5.41, 5.74) is -0.844. The normalized spacial score (nSPS) is 23.9. The number of hydrogen-bond donors (Lipinski definition) is 0. The Labute approximate surface area is 177 Å². The first-order chi connectivity index (χ1) is 13.7. The van der Waals surface area contributed by atoms with Crippen LogP contribution in [0.1, 0.15) is 55.4 Å². The maximum atomic E-state index is 12.9. The third-order valence-electron chi connectivity index (χ3n) is 6.64. The number of nitrogens with zero attached hydrogens (tertiary/aromatic N) is 4. The lowest BCUT2D eigenvalue weighted by Crippen LogP contribution is -2.41. The first kappa shape index (κ1) is 21.3. The van der Waals surface area contributed by atoms with Gasteiger partial charge in [0.15, 0.2) is 0 Å². The minimum Gasteiger partial charge on any atom is -0.398 e. The van der Waals surface area contributed by atoms with Crippen LogP contribution in [0.25, 0.3) is 0 Å². The summed E-state index contributed by atoms with van der Waals surface area (Å²) in [5, 5.41) is 0. The average Bonchev–Trinajstić information content (AvgIpc) is 3.34. The Kier molecular flexibility index (Phi) is 4.63. The third-order valence-corrected chi connectivity index (χ3v) is 6.64. The largest absolute Gasteiger partial charge is 0.516 e. The van der Waals surface area contributed by atoms with Gasteiger partial charge in [0.25, 0.3) is 0 Å². The zero-order valence-corrected chi connectivity index (χ0v) is 18.8. The summed E-state index contributed by atoms with van der Waals surface area (Å²) in [7, 11) is -1.26. The molecular formula is C19H28B2N4O5. The van der Waals surface area contributed by atoms with Crippen molar-refractivity contribution >= 4 is 31.5 Å². The van der Waals surface area contributed by atoms with Gasteiger partial charge in [-0.2, -0.15) is 0 Å². The van der Waals surface area contributed by atoms with E-state index < -0.39 is 36.6 Å². The van der Waals surface area contributed by atoms with Crippen LogP contribution < -0.4 is 11.2 Å². The molecule has 0 radical (unpaired) electrons. The predicted molar refractivity (Wildman–Crippen MR) is 112 cm³/mol. The van der Waals surface area contributed by atoms with Crippen LogP contribution in [0.5, 0.6) is 0 Å². The fraction of sp³-hybridized carbons (Fsp3) is 0.632. The van der Waals surface area contributed by atoms with Gasteiger partial charge in [0.2, 0.25) is 0 Å². The molecule has 2 aliphatic rings. The van der Waals surface area contributed by atoms with Crippen LogP contribution in [0.3, 0.4) is 0 Å². The summed E-state index contributed by atoms with van der Waals surface area (Å²) in [5.74, 6) is 0. The lowest BCUT2D eigenvalue weighted by Gasteiger charge is -2.32. The first-order valence-electron chi connectivity index (χ1n) is 10.1. The van der Waals surface area contributed by atoms with E-state index in [2.05, 4.69) is 9.97 Å². The Morgan fingerprint density at radius 2 is 1.00 bits per heavy atom. The SMILES string of the molecule is CC1(C)OB(c2cn(C(=O)n3cnc(B4OC(C)(C)C(C)(C)O4)c3)cn2)OC1(C)C. The molecule has 0 amide bonds. The van der Waals surface area contributed by atoms with Gasteiger partial charge in [-0.3, -0.25) is 9.13 Å². The molecule has 160 valence electrons. The molecule has 30 heavy (non-hydrogen) atoms. The van der Waals surface area contributed by atoms with E-state index in [1.807, 2.05) is 55.4 Å². The molecule has 4 heterocycles. The predicted octanol–water partition coefficient (Wildman–Crippen LogP) is 1.19. The summed E-state index contributed by atoms with van der Waals surface area (Å²) >= 11 is 0. The Balaban J connectivity index is 1.50. The number of aromatic nitrogens is 4. The topological polar surface area (TPSA) is 89.6 Å². The Morgan fingerprint density at radius 3 is 1.30 bits per heavy atom. The minimum atomic E-state index is -0.632. The van der Waals surface area contributed by atoms with E-state index in [0.29, 0.717) is 11.2 Å². The summed E-state index contributed by atoms with van der Waals surface area (Å²) in [6, 6.07) is -0.333. The number of rotatable bonds is 2. The van der Waals surface area contributed by atoms with Gasteiger partial charge < -0.3 is 18.6 Å². The summed E-state index contributed by atoms with van der Waals surface area (Å²) in [6.45, 7) is 15.8. The number of imidazole rings is 2. The van der Waals surface area contributed by atoms with Crippen molar-refractivity contribution in [2.24, 2.45) is 0 Å². The highest BCUT2D eigenvalue weighted by Crippen LogP contribution is 2.37. The molecule has 0 saturated carbocycles. The highest BCUT2D eigenvalue weighted by atomic mass is 16.7. The fourth-order valence-corrected chi connectivity index (χ4v) is 3.19. The number of hydrogen-bond acceptors (Lipinski definition) is 7. The number of carbonyl (C=O) groups is 1. The van der Waals surface area contributed by atoms with E-state index in [-0.39, 0.29) is 6.03 Å². The van der Waals surface area contributed by atoms with E-state index in [1.54, 1.807) is 12.4 Å². The smallest absolute Gasteiger partial charge is 0.398 e. The maximum absolute atomic E-state index is 12.9. The highest BCUT2D eigenvalue weighted by Gasteiger charge is 2.53. The molecule has 0 bridgehead atoms. The molecule has 2 aromatic heterocycles. The Hall–Kier alpha value is -1.94. The molecule has 9 nitrogen and oxygen atoms in total. The quantitative estimate of drug-likeness (QED) is 0.683. The summed E-state index contributed by atoms with van der Waals surface area (Å²) in [6.07, 6.45) is 6.10. The monoisotopic (exact) mass is 414 g/mol. The molecular weight excluding hydrogens is 386 g/mol. The van der Waals surface area contributed by atoms with Crippen molar-refractivity contribution < 1.29 is 23.4 Å². The van der Waals surface area contributed by atoms with Crippen molar-refractivity contribution in [2.45, 2.75) is 77.8 Å². The fourth-order valence-electron chi connectivity index (χ4n) is 3.19. The van der Waals surface area contributed by atoms with Gasteiger partial charge in [-0.15, -0.1) is 0 Å². The van der Waals surface area contributed by atoms with E-state index >= 15 is 0 Å². The van der Waals surface area contributed by atoms with Gasteiger partial charge in [0.1, 0.15) is 12.7 Å². The molecule has 0 unspecified atom stereocenters. The molecule has 0 atom stereocenters. The Bertz CT molecular complexity index is 873. The highest BCUT2D eigenvalue weighted by molar-refractivity contribution is 6.61. The van der Waals surface area contributed by atoms with E-state index in [9.17, 15) is 4.79 Å². The molecule has 0 spiro atoms. The molecule has 2 aromatic rings. The lowest BCUT2D eigenvalue weighted by molar-refractivity contribution is 0.00578. The summed E-state index contributed by atoms with van der Waals surface area (Å²) in [4.78, 5) is 21.5. The molecule has 2 aliphatic heterocycles. The van der Waals surface area contributed by atoms with Gasteiger partial charge in [-0.25, -0.2) is 14.8 Å². The second-order valence-corrected chi connectivity index (χ2v) is 9.87. The van der Waals surface area contributed by atoms with Crippen LogP contribution in [0.2, 0.25) is 0 Å². The molecule has 4 rings (SSSR count). The minimum absolute atomic E-state index is 0.333. The third kappa shape index (κ3) is 3.33. The van der Waals surface area contributed by atoms with Gasteiger partial charge in [0, 0.05) is 12.4 Å². The van der Waals surface area contributed by atoms with E-state index in [4.69, 9.17) is 18.6 Å². The van der Waals surface area contributed by atoms with Crippen molar-refractivity contribution in [2.75, 3.05) is 0 Å². The first-order valence-corrected chi connectivity index (χ1v) is 10.1. The van der Waals surface area contributed by atoms with Crippen LogP contribution in [-0.2, 0) is 18.6 Å². The summed E-state index contributed by atoms with van der Waals surface area (Å²) < 4.78 is 26.7. The van der Waals surface area contributed by atoms with E-state index in [1.165, 1.54) is 21.8 Å². The van der Waals surface area contributed by atoms with Crippen molar-refractivity contribution in [1.29, 1.82) is 0 Å². The van der Waals surface area contributed by atoms with Gasteiger partial charge in [0.05, 0.1) is 33.6 Å². The van der Waals surface area contributed by atoms with Crippen molar-refractivity contribution in [3.63, 3.8) is 0 Å². The molecule has 11 heteroatoms. The second-order valence-electron chi connectivity index (χ2n) is 9.87. The molecule has 0 aliphatic carbocycles. The van der Waals surface area contributed by atoms with E-state index in [0.717, 1.165) is 0 Å². The molecule has 0 aromatic carbocycles. The van der Waals surface area contributed by atoms with Crippen LogP contribution in [-0.4, -0.2) is 61.8 Å². The van der Waals surface area contributed by atoms with Crippen molar-refractivity contribution in [3.8, 4) is 0 Å². The van der Waals surface area contributed by atoms with Gasteiger partial charge >= 0.3 is 20.3 Å². The van der Waals surface area contributed by atoms with Crippen LogP contribution in [0.4, 0.5) is 4.79 Å². The average molecular weight is 414 g/mol. The van der Waals surface area contributed by atoms with Crippen LogP contribution in [0.15, 0.2) is 25.0 Å². The standard InChI is InChI=1S/C19H28B2N4O5/c1-16(2)17(3,4)28-20(27-16)13-9-24(11-22-13)15(26)25-10-14(23-12-25)21-29-18(5,6)19(7,8)30-21/h9-12H,1-8H3.